The van der Waals surface area contributed by atoms with E-state index in [1.165, 1.54) is 34.1 Å². The molecule has 9 heteroatoms. The highest BCUT2D eigenvalue weighted by molar-refractivity contribution is 7.99. The molecule has 2 heterocycles. The number of thiophene rings is 1. The van der Waals surface area contributed by atoms with Crippen LogP contribution >= 0.6 is 23.1 Å². The van der Waals surface area contributed by atoms with Crippen molar-refractivity contribution in [1.82, 2.24) is 14.9 Å². The van der Waals surface area contributed by atoms with Crippen LogP contribution < -0.4 is 10.9 Å². The summed E-state index contributed by atoms with van der Waals surface area (Å²) in [6.07, 6.45) is 0. The maximum Gasteiger partial charge on any atom is 0.272 e. The summed E-state index contributed by atoms with van der Waals surface area (Å²) < 4.78 is 29.0. The number of carbonyl (C=O) groups excluding carboxylic acids is 1. The molecule has 1 N–H and O–H groups in total. The van der Waals surface area contributed by atoms with E-state index < -0.39 is 5.82 Å². The molecule has 158 valence electrons. The fourth-order valence-corrected chi connectivity index (χ4v) is 4.56. The van der Waals surface area contributed by atoms with Crippen LogP contribution in [0.5, 0.6) is 0 Å². The van der Waals surface area contributed by atoms with E-state index in [-0.39, 0.29) is 36.1 Å². The summed E-state index contributed by atoms with van der Waals surface area (Å²) in [7, 11) is 0. The van der Waals surface area contributed by atoms with Crippen molar-refractivity contribution < 1.29 is 13.6 Å². The molecule has 2 aromatic carbocycles. The van der Waals surface area contributed by atoms with E-state index in [2.05, 4.69) is 10.3 Å². The normalized spacial score (nSPS) is 11.0. The minimum atomic E-state index is -0.409. The van der Waals surface area contributed by atoms with Gasteiger partial charge in [-0.3, -0.25) is 14.2 Å². The third-order valence-corrected chi connectivity index (χ3v) is 6.42. The highest BCUT2D eigenvalue weighted by Crippen LogP contribution is 2.22. The van der Waals surface area contributed by atoms with E-state index in [0.29, 0.717) is 20.9 Å². The number of halogens is 2. The molecule has 5 nitrogen and oxygen atoms in total. The Hall–Kier alpha value is -3.04. The minimum absolute atomic E-state index is 0.0197. The Bertz CT molecular complexity index is 1290. The van der Waals surface area contributed by atoms with Crippen molar-refractivity contribution in [3.05, 3.63) is 93.1 Å². The Morgan fingerprint density at radius 3 is 2.65 bits per heavy atom. The van der Waals surface area contributed by atoms with Crippen molar-refractivity contribution in [1.29, 1.82) is 0 Å². The molecule has 0 unspecified atom stereocenters. The van der Waals surface area contributed by atoms with Gasteiger partial charge in [0, 0.05) is 12.1 Å². The van der Waals surface area contributed by atoms with E-state index in [1.54, 1.807) is 41.8 Å². The molecule has 0 aliphatic carbocycles. The molecule has 0 radical (unpaired) electrons. The van der Waals surface area contributed by atoms with Gasteiger partial charge in [-0.1, -0.05) is 42.1 Å². The third-order valence-electron chi connectivity index (χ3n) is 4.55. The SMILES string of the molecule is O=C(CSc1nc2ccsc2c(=O)n1Cc1ccccc1F)NCc1ccc(F)cc1. The predicted molar refractivity (Wildman–Crippen MR) is 118 cm³/mol. The minimum Gasteiger partial charge on any atom is -0.351 e. The Labute approximate surface area is 184 Å². The lowest BCUT2D eigenvalue weighted by atomic mass is 10.2. The predicted octanol–water partition coefficient (Wildman–Crippen LogP) is 4.19. The molecule has 31 heavy (non-hydrogen) atoms. The van der Waals surface area contributed by atoms with Crippen LogP contribution in [0.15, 0.2) is 69.9 Å². The van der Waals surface area contributed by atoms with Crippen molar-refractivity contribution in [3.8, 4) is 0 Å². The van der Waals surface area contributed by atoms with E-state index >= 15 is 0 Å². The van der Waals surface area contributed by atoms with Gasteiger partial charge in [-0.25, -0.2) is 13.8 Å². The van der Waals surface area contributed by atoms with Crippen molar-refractivity contribution in [3.63, 3.8) is 0 Å². The van der Waals surface area contributed by atoms with Crippen molar-refractivity contribution in [2.45, 2.75) is 18.2 Å². The molecular formula is C22H17F2N3O2S2. The average molecular weight is 458 g/mol. The molecule has 2 aromatic heterocycles. The van der Waals surface area contributed by atoms with Crippen molar-refractivity contribution >= 4 is 39.2 Å². The highest BCUT2D eigenvalue weighted by atomic mass is 32.2. The number of rotatable bonds is 7. The first-order valence-corrected chi connectivity index (χ1v) is 11.2. The summed E-state index contributed by atoms with van der Waals surface area (Å²) in [4.78, 5) is 29.8. The molecule has 4 rings (SSSR count). The van der Waals surface area contributed by atoms with E-state index in [9.17, 15) is 18.4 Å². The van der Waals surface area contributed by atoms with Crippen LogP contribution in [0.4, 0.5) is 8.78 Å². The second kappa shape index (κ2) is 9.40. The molecule has 4 aromatic rings. The zero-order valence-corrected chi connectivity index (χ0v) is 17.8. The topological polar surface area (TPSA) is 64.0 Å². The fraction of sp³-hybridized carbons (Fsp3) is 0.136. The first-order chi connectivity index (χ1) is 15.0. The Balaban J connectivity index is 1.52. The molecule has 0 saturated carbocycles. The van der Waals surface area contributed by atoms with E-state index in [1.807, 2.05) is 0 Å². The van der Waals surface area contributed by atoms with Crippen LogP contribution in [0, 0.1) is 11.6 Å². The number of thioether (sulfide) groups is 1. The summed E-state index contributed by atoms with van der Waals surface area (Å²) in [5.41, 5.74) is 1.42. The highest BCUT2D eigenvalue weighted by Gasteiger charge is 2.16. The van der Waals surface area contributed by atoms with Gasteiger partial charge in [0.05, 0.1) is 17.8 Å². The summed E-state index contributed by atoms with van der Waals surface area (Å²) in [5, 5.41) is 4.88. The molecular weight excluding hydrogens is 440 g/mol. The number of nitrogens with one attached hydrogen (secondary N) is 1. The molecule has 0 bridgehead atoms. The molecule has 0 saturated heterocycles. The van der Waals surface area contributed by atoms with Gasteiger partial charge in [0.15, 0.2) is 5.16 Å². The molecule has 0 aliphatic rings. The van der Waals surface area contributed by atoms with Gasteiger partial charge < -0.3 is 5.32 Å². The number of benzene rings is 2. The number of hydrogen-bond donors (Lipinski definition) is 1. The second-order valence-electron chi connectivity index (χ2n) is 6.70. The standard InChI is InChI=1S/C22H17F2N3O2S2/c23-16-7-5-14(6-8-16)11-25-19(28)13-31-22-26-18-9-10-30-20(18)21(29)27(22)12-15-3-1-2-4-17(15)24/h1-10H,11-13H2,(H,25,28). The van der Waals surface area contributed by atoms with E-state index in [4.69, 9.17) is 0 Å². The summed E-state index contributed by atoms with van der Waals surface area (Å²) >= 11 is 2.39. The van der Waals surface area contributed by atoms with Gasteiger partial charge in [-0.05, 0) is 35.2 Å². The zero-order chi connectivity index (χ0) is 21.8. The second-order valence-corrected chi connectivity index (χ2v) is 8.56. The van der Waals surface area contributed by atoms with Gasteiger partial charge in [0.2, 0.25) is 5.91 Å². The number of fused-ring (bicyclic) bond motifs is 1. The van der Waals surface area contributed by atoms with Crippen molar-refractivity contribution in [2.75, 3.05) is 5.75 Å². The smallest absolute Gasteiger partial charge is 0.272 e. The maximum atomic E-state index is 14.2. The Morgan fingerprint density at radius 2 is 1.87 bits per heavy atom. The summed E-state index contributed by atoms with van der Waals surface area (Å²) in [6.45, 7) is 0.282. The van der Waals surface area contributed by atoms with Crippen LogP contribution in [0.2, 0.25) is 0 Å². The number of carbonyl (C=O) groups is 1. The van der Waals surface area contributed by atoms with Crippen LogP contribution in [0.25, 0.3) is 10.2 Å². The van der Waals surface area contributed by atoms with Crippen molar-refractivity contribution in [2.24, 2.45) is 0 Å². The lowest BCUT2D eigenvalue weighted by molar-refractivity contribution is -0.118. The van der Waals surface area contributed by atoms with Crippen LogP contribution in [0.1, 0.15) is 11.1 Å². The van der Waals surface area contributed by atoms with Crippen LogP contribution in [-0.4, -0.2) is 21.2 Å². The summed E-state index contributed by atoms with van der Waals surface area (Å²) in [5.74, 6) is -0.978. The first kappa shape index (κ1) is 21.2. The molecule has 0 atom stereocenters. The van der Waals surface area contributed by atoms with E-state index in [0.717, 1.165) is 17.3 Å². The maximum absolute atomic E-state index is 14.2. The van der Waals surface area contributed by atoms with Gasteiger partial charge in [-0.15, -0.1) is 11.3 Å². The molecule has 1 amide bonds. The quantitative estimate of drug-likeness (QED) is 0.334. The first-order valence-electron chi connectivity index (χ1n) is 9.36. The monoisotopic (exact) mass is 457 g/mol. The van der Waals surface area contributed by atoms with Gasteiger partial charge in [0.25, 0.3) is 5.56 Å². The van der Waals surface area contributed by atoms with Crippen LogP contribution in [-0.2, 0) is 17.9 Å². The average Bonchev–Trinajstić information content (AvgIpc) is 3.24. The van der Waals surface area contributed by atoms with Crippen LogP contribution in [0.3, 0.4) is 0 Å². The van der Waals surface area contributed by atoms with Gasteiger partial charge in [-0.2, -0.15) is 0 Å². The fourth-order valence-electron chi connectivity index (χ4n) is 2.95. The molecule has 0 spiro atoms. The number of nitrogens with zero attached hydrogens (tertiary/aromatic N) is 2. The summed E-state index contributed by atoms with van der Waals surface area (Å²) in [6, 6.07) is 13.8. The van der Waals surface area contributed by atoms with Gasteiger partial charge >= 0.3 is 0 Å². The zero-order valence-electron chi connectivity index (χ0n) is 16.2. The number of hydrogen-bond acceptors (Lipinski definition) is 5. The Morgan fingerprint density at radius 1 is 1.10 bits per heavy atom. The molecule has 0 fully saturated rings. The lowest BCUT2D eigenvalue weighted by Gasteiger charge is -2.12. The van der Waals surface area contributed by atoms with Gasteiger partial charge in [0.1, 0.15) is 16.3 Å². The lowest BCUT2D eigenvalue weighted by Crippen LogP contribution is -2.27. The Kier molecular flexibility index (Phi) is 6.43. The molecule has 0 aliphatic heterocycles. The number of aromatic nitrogens is 2. The largest absolute Gasteiger partial charge is 0.351 e. The number of amides is 1. The third kappa shape index (κ3) is 5.00.